The van der Waals surface area contributed by atoms with Crippen molar-refractivity contribution in [2.24, 2.45) is 0 Å². The summed E-state index contributed by atoms with van der Waals surface area (Å²) in [6.07, 6.45) is 0. The molecule has 0 aliphatic rings. The van der Waals surface area contributed by atoms with E-state index >= 15 is 0 Å². The van der Waals surface area contributed by atoms with E-state index in [1.54, 1.807) is 0 Å². The normalized spacial score (nSPS) is 11.7. The van der Waals surface area contributed by atoms with Gasteiger partial charge in [-0.1, -0.05) is 158 Å². The molecular weight excluding hydrogens is 655 g/mol. The fraction of sp³-hybridized carbons (Fsp3) is 0. The lowest BCUT2D eigenvalue weighted by Crippen LogP contribution is -2.00. The van der Waals surface area contributed by atoms with Gasteiger partial charge in [-0.3, -0.25) is 0 Å². The van der Waals surface area contributed by atoms with Gasteiger partial charge in [0.25, 0.3) is 0 Å². The second kappa shape index (κ2) is 12.2. The molecule has 0 aliphatic carbocycles. The lowest BCUT2D eigenvalue weighted by Gasteiger charge is -2.17. The molecule has 0 saturated heterocycles. The Hall–Kier alpha value is -7.23. The van der Waals surface area contributed by atoms with Crippen LogP contribution in [0.25, 0.3) is 99.4 Å². The SMILES string of the molecule is c1ccc(-c2cc(-c3ccccc3)nc(-c3ccc(-n4c5ccccc5c5ccc6c7ccccc7n(-c7ccccc7)c6c54)c4ccccc34)c2)cc1. The summed E-state index contributed by atoms with van der Waals surface area (Å²) in [6.45, 7) is 0. The number of para-hydroxylation sites is 3. The average Bonchev–Trinajstić information content (AvgIpc) is 3.77. The van der Waals surface area contributed by atoms with Gasteiger partial charge in [0.15, 0.2) is 0 Å². The molecule has 8 aromatic carbocycles. The standard InChI is InChI=1S/C51H33N3/c1-4-16-34(17-5-1)36-32-45(35-18-6-2-7-19-35)52-46(33-36)39-30-31-49(40-23-11-10-22-38(39)40)54-48-27-15-13-25-42(48)44-29-28-43-41-24-12-14-26-47(41)53(50(43)51(44)54)37-20-8-3-9-21-37/h1-33H. The maximum Gasteiger partial charge on any atom is 0.0789 e. The first-order valence-electron chi connectivity index (χ1n) is 18.5. The van der Waals surface area contributed by atoms with E-state index in [0.717, 1.165) is 44.8 Å². The molecule has 0 N–H and O–H groups in total. The van der Waals surface area contributed by atoms with Crippen LogP contribution in [0.3, 0.4) is 0 Å². The smallest absolute Gasteiger partial charge is 0.0789 e. The summed E-state index contributed by atoms with van der Waals surface area (Å²) in [6, 6.07) is 71.9. The predicted octanol–water partition coefficient (Wildman–Crippen LogP) is 13.4. The van der Waals surface area contributed by atoms with Crippen molar-refractivity contribution in [3.05, 3.63) is 200 Å². The molecule has 11 aromatic rings. The van der Waals surface area contributed by atoms with E-state index in [1.807, 2.05) is 0 Å². The Kier molecular flexibility index (Phi) is 6.86. The van der Waals surface area contributed by atoms with E-state index in [-0.39, 0.29) is 0 Å². The van der Waals surface area contributed by atoms with Gasteiger partial charge in [-0.25, -0.2) is 4.98 Å². The number of aromatic nitrogens is 3. The Morgan fingerprint density at radius 1 is 0.315 bits per heavy atom. The highest BCUT2D eigenvalue weighted by molar-refractivity contribution is 6.24. The van der Waals surface area contributed by atoms with Gasteiger partial charge in [0.05, 0.1) is 39.1 Å². The minimum Gasteiger partial charge on any atom is -0.307 e. The van der Waals surface area contributed by atoms with Crippen LogP contribution in [0.2, 0.25) is 0 Å². The molecule has 3 aromatic heterocycles. The Bertz CT molecular complexity index is 3130. The summed E-state index contributed by atoms with van der Waals surface area (Å²) in [5.74, 6) is 0. The third-order valence-corrected chi connectivity index (χ3v) is 10.9. The number of nitrogens with zero attached hydrogens (tertiary/aromatic N) is 3. The van der Waals surface area contributed by atoms with Crippen molar-refractivity contribution in [2.45, 2.75) is 0 Å². The van der Waals surface area contributed by atoms with Crippen LogP contribution in [0.1, 0.15) is 0 Å². The van der Waals surface area contributed by atoms with E-state index in [4.69, 9.17) is 4.98 Å². The van der Waals surface area contributed by atoms with Gasteiger partial charge in [-0.15, -0.1) is 0 Å². The molecule has 0 bridgehead atoms. The first-order valence-corrected chi connectivity index (χ1v) is 18.5. The summed E-state index contributed by atoms with van der Waals surface area (Å²) in [7, 11) is 0. The second-order valence-corrected chi connectivity index (χ2v) is 13.9. The topological polar surface area (TPSA) is 22.8 Å². The number of fused-ring (bicyclic) bond motifs is 8. The fourth-order valence-electron chi connectivity index (χ4n) is 8.52. The lowest BCUT2D eigenvalue weighted by molar-refractivity contribution is 1.16. The van der Waals surface area contributed by atoms with Gasteiger partial charge in [-0.05, 0) is 59.0 Å². The minimum atomic E-state index is 0.951. The first-order chi connectivity index (χ1) is 26.8. The molecule has 0 radical (unpaired) electrons. The Labute approximate surface area is 312 Å². The summed E-state index contributed by atoms with van der Waals surface area (Å²) in [5, 5.41) is 7.28. The molecule has 11 rings (SSSR count). The van der Waals surface area contributed by atoms with Crippen LogP contribution in [0.4, 0.5) is 0 Å². The second-order valence-electron chi connectivity index (χ2n) is 13.9. The molecule has 0 aliphatic heterocycles. The summed E-state index contributed by atoms with van der Waals surface area (Å²) >= 11 is 0. The maximum absolute atomic E-state index is 5.34. The molecular formula is C51H33N3. The van der Waals surface area contributed by atoms with Crippen LogP contribution in [0.15, 0.2) is 200 Å². The van der Waals surface area contributed by atoms with Crippen LogP contribution in [0.5, 0.6) is 0 Å². The monoisotopic (exact) mass is 687 g/mol. The summed E-state index contributed by atoms with van der Waals surface area (Å²) in [5.41, 5.74) is 13.5. The van der Waals surface area contributed by atoms with E-state index in [1.165, 1.54) is 54.6 Å². The predicted molar refractivity (Wildman–Crippen MR) is 227 cm³/mol. The van der Waals surface area contributed by atoms with Crippen LogP contribution < -0.4 is 0 Å². The molecule has 3 nitrogen and oxygen atoms in total. The zero-order valence-corrected chi connectivity index (χ0v) is 29.4. The van der Waals surface area contributed by atoms with Crippen molar-refractivity contribution in [1.29, 1.82) is 0 Å². The molecule has 0 spiro atoms. The zero-order chi connectivity index (χ0) is 35.6. The first kappa shape index (κ1) is 30.4. The summed E-state index contributed by atoms with van der Waals surface area (Å²) in [4.78, 5) is 5.34. The minimum absolute atomic E-state index is 0.951. The van der Waals surface area contributed by atoms with Crippen molar-refractivity contribution in [3.8, 4) is 45.0 Å². The Balaban J connectivity index is 1.23. The fourth-order valence-corrected chi connectivity index (χ4v) is 8.52. The van der Waals surface area contributed by atoms with Gasteiger partial charge in [0, 0.05) is 43.7 Å². The molecule has 252 valence electrons. The van der Waals surface area contributed by atoms with Crippen molar-refractivity contribution >= 4 is 54.4 Å². The van der Waals surface area contributed by atoms with Gasteiger partial charge < -0.3 is 9.13 Å². The molecule has 0 atom stereocenters. The molecule has 3 heterocycles. The third-order valence-electron chi connectivity index (χ3n) is 10.9. The lowest BCUT2D eigenvalue weighted by atomic mass is 9.96. The van der Waals surface area contributed by atoms with Crippen molar-refractivity contribution in [1.82, 2.24) is 14.1 Å². The van der Waals surface area contributed by atoms with Gasteiger partial charge in [0.1, 0.15) is 0 Å². The quantitative estimate of drug-likeness (QED) is 0.177. The van der Waals surface area contributed by atoms with Crippen molar-refractivity contribution in [3.63, 3.8) is 0 Å². The number of hydrogen-bond acceptors (Lipinski definition) is 1. The van der Waals surface area contributed by atoms with Crippen LogP contribution in [0, 0.1) is 0 Å². The van der Waals surface area contributed by atoms with Crippen molar-refractivity contribution < 1.29 is 0 Å². The number of rotatable bonds is 5. The molecule has 0 unspecified atom stereocenters. The van der Waals surface area contributed by atoms with Crippen molar-refractivity contribution in [2.75, 3.05) is 0 Å². The number of pyridine rings is 1. The number of benzene rings is 8. The Morgan fingerprint density at radius 3 is 1.48 bits per heavy atom. The van der Waals surface area contributed by atoms with E-state index in [2.05, 4.69) is 209 Å². The highest BCUT2D eigenvalue weighted by atomic mass is 15.0. The molecule has 0 amide bonds. The summed E-state index contributed by atoms with van der Waals surface area (Å²) < 4.78 is 4.95. The number of hydrogen-bond donors (Lipinski definition) is 0. The van der Waals surface area contributed by atoms with Gasteiger partial charge in [0.2, 0.25) is 0 Å². The van der Waals surface area contributed by atoms with Crippen LogP contribution >= 0.6 is 0 Å². The maximum atomic E-state index is 5.34. The van der Waals surface area contributed by atoms with Gasteiger partial charge >= 0.3 is 0 Å². The molecule has 0 saturated carbocycles. The van der Waals surface area contributed by atoms with E-state index in [9.17, 15) is 0 Å². The average molecular weight is 688 g/mol. The highest BCUT2D eigenvalue weighted by Crippen LogP contribution is 2.44. The van der Waals surface area contributed by atoms with Crippen LogP contribution in [-0.4, -0.2) is 14.1 Å². The Morgan fingerprint density at radius 2 is 0.815 bits per heavy atom. The van der Waals surface area contributed by atoms with E-state index < -0.39 is 0 Å². The molecule has 0 fully saturated rings. The van der Waals surface area contributed by atoms with Crippen LogP contribution in [-0.2, 0) is 0 Å². The largest absolute Gasteiger partial charge is 0.307 e. The highest BCUT2D eigenvalue weighted by Gasteiger charge is 2.22. The van der Waals surface area contributed by atoms with Gasteiger partial charge in [-0.2, -0.15) is 0 Å². The molecule has 54 heavy (non-hydrogen) atoms. The van der Waals surface area contributed by atoms with E-state index in [0.29, 0.717) is 0 Å². The molecule has 3 heteroatoms. The zero-order valence-electron chi connectivity index (χ0n) is 29.4. The third kappa shape index (κ3) is 4.65.